The lowest BCUT2D eigenvalue weighted by molar-refractivity contribution is -0.274. The monoisotopic (exact) mass is 371 g/mol. The number of carbonyl (C=O) groups is 2. The lowest BCUT2D eigenvalue weighted by Gasteiger charge is -2.15. The number of ether oxygens (including phenoxy) is 1. The second-order valence-corrected chi connectivity index (χ2v) is 5.43. The molecule has 1 aromatic heterocycles. The largest absolute Gasteiger partial charge is 0.573 e. The van der Waals surface area contributed by atoms with Gasteiger partial charge in [-0.25, -0.2) is 0 Å². The summed E-state index contributed by atoms with van der Waals surface area (Å²) in [6, 6.07) is 8.14. The Morgan fingerprint density at radius 1 is 1.19 bits per heavy atom. The van der Waals surface area contributed by atoms with Gasteiger partial charge in [0.15, 0.2) is 5.76 Å². The van der Waals surface area contributed by atoms with E-state index in [0.717, 1.165) is 6.07 Å². The molecule has 0 saturated heterocycles. The van der Waals surface area contributed by atoms with Gasteiger partial charge in [0.05, 0.1) is 5.56 Å². The molecule has 0 fully saturated rings. The third-order valence-corrected chi connectivity index (χ3v) is 3.43. The number of carbonyl (C=O) groups excluding carboxylic acids is 1. The number of para-hydroxylation sites is 1. The molecule has 6 nitrogen and oxygen atoms in total. The molecule has 2 aromatic rings. The summed E-state index contributed by atoms with van der Waals surface area (Å²) in [5.41, 5.74) is 0.0532. The van der Waals surface area contributed by atoms with Crippen molar-refractivity contribution >= 4 is 11.9 Å². The van der Waals surface area contributed by atoms with Crippen LogP contribution in [0.15, 0.2) is 40.8 Å². The molecule has 9 heteroatoms. The second-order valence-electron chi connectivity index (χ2n) is 5.43. The molecule has 0 unspecified atom stereocenters. The summed E-state index contributed by atoms with van der Waals surface area (Å²) in [6.07, 6.45) is -4.66. The summed E-state index contributed by atoms with van der Waals surface area (Å²) in [5.74, 6) is -1.93. The van der Waals surface area contributed by atoms with E-state index in [9.17, 15) is 22.8 Å². The van der Waals surface area contributed by atoms with Crippen molar-refractivity contribution < 1.29 is 37.0 Å². The highest BCUT2D eigenvalue weighted by molar-refractivity contribution is 5.92. The Bertz CT molecular complexity index is 785. The Kier molecular flexibility index (Phi) is 5.91. The van der Waals surface area contributed by atoms with E-state index in [1.165, 1.54) is 42.3 Å². The van der Waals surface area contributed by atoms with Crippen LogP contribution in [0.5, 0.6) is 5.75 Å². The minimum atomic E-state index is -4.86. The van der Waals surface area contributed by atoms with Crippen molar-refractivity contribution in [2.24, 2.45) is 0 Å². The molecule has 140 valence electrons. The van der Waals surface area contributed by atoms with Crippen molar-refractivity contribution in [2.45, 2.75) is 19.2 Å². The fourth-order valence-electron chi connectivity index (χ4n) is 2.24. The summed E-state index contributed by atoms with van der Waals surface area (Å²) >= 11 is 0. The van der Waals surface area contributed by atoms with E-state index in [1.54, 1.807) is 0 Å². The van der Waals surface area contributed by atoms with E-state index in [2.05, 4.69) is 4.74 Å². The number of hydrogen-bond donors (Lipinski definition) is 1. The summed E-state index contributed by atoms with van der Waals surface area (Å²) < 4.78 is 46.8. The van der Waals surface area contributed by atoms with E-state index >= 15 is 0 Å². The Morgan fingerprint density at radius 2 is 1.88 bits per heavy atom. The minimum absolute atomic E-state index is 0.0483. The van der Waals surface area contributed by atoms with Crippen LogP contribution >= 0.6 is 0 Å². The average Bonchev–Trinajstić information content (AvgIpc) is 3.02. The average molecular weight is 371 g/mol. The number of halogens is 3. The predicted molar refractivity (Wildman–Crippen MR) is 84.7 cm³/mol. The van der Waals surface area contributed by atoms with E-state index in [1.807, 2.05) is 0 Å². The molecule has 1 aromatic carbocycles. The lowest BCUT2D eigenvalue weighted by Crippen LogP contribution is -2.27. The van der Waals surface area contributed by atoms with Crippen LogP contribution in [0.25, 0.3) is 11.3 Å². The maximum Gasteiger partial charge on any atom is 0.573 e. The van der Waals surface area contributed by atoms with Gasteiger partial charge in [0, 0.05) is 20.0 Å². The standard InChI is InChI=1S/C17H16F3NO5/c1-21(10-4-7-15(22)23)16(24)14-9-8-12(25-14)11-5-2-3-6-13(11)26-17(18,19)20/h2-3,5-6,8-9H,4,7,10H2,1H3,(H,22,23). The first kappa shape index (κ1) is 19.4. The predicted octanol–water partition coefficient (Wildman–Crippen LogP) is 3.78. The van der Waals surface area contributed by atoms with Crippen molar-refractivity contribution in [2.75, 3.05) is 13.6 Å². The third-order valence-electron chi connectivity index (χ3n) is 3.43. The summed E-state index contributed by atoms with van der Waals surface area (Å²) in [5, 5.41) is 8.60. The fraction of sp³-hybridized carbons (Fsp3) is 0.294. The summed E-state index contributed by atoms with van der Waals surface area (Å²) in [7, 11) is 1.48. The first-order valence-electron chi connectivity index (χ1n) is 7.59. The smallest absolute Gasteiger partial charge is 0.481 e. The third kappa shape index (κ3) is 5.27. The van der Waals surface area contributed by atoms with Gasteiger partial charge in [0.25, 0.3) is 5.91 Å². The highest BCUT2D eigenvalue weighted by Crippen LogP contribution is 2.34. The molecule has 0 atom stereocenters. The van der Waals surface area contributed by atoms with Crippen LogP contribution in [0, 0.1) is 0 Å². The molecule has 1 amide bonds. The molecule has 2 rings (SSSR count). The highest BCUT2D eigenvalue weighted by Gasteiger charge is 2.32. The van der Waals surface area contributed by atoms with Crippen molar-refractivity contribution in [3.63, 3.8) is 0 Å². The highest BCUT2D eigenvalue weighted by atomic mass is 19.4. The Morgan fingerprint density at radius 3 is 2.54 bits per heavy atom. The normalized spacial score (nSPS) is 11.2. The van der Waals surface area contributed by atoms with Crippen LogP contribution in [-0.4, -0.2) is 41.8 Å². The van der Waals surface area contributed by atoms with E-state index in [-0.39, 0.29) is 36.5 Å². The van der Waals surface area contributed by atoms with Crippen LogP contribution in [0.2, 0.25) is 0 Å². The SMILES string of the molecule is CN(CCCC(=O)O)C(=O)c1ccc(-c2ccccc2OC(F)(F)F)o1. The molecule has 0 radical (unpaired) electrons. The maximum atomic E-state index is 12.5. The molecule has 1 N–H and O–H groups in total. The van der Waals surface area contributed by atoms with Gasteiger partial charge in [-0.2, -0.15) is 0 Å². The van der Waals surface area contributed by atoms with Crippen LogP contribution in [0.1, 0.15) is 23.4 Å². The molecule has 26 heavy (non-hydrogen) atoms. The number of hydrogen-bond acceptors (Lipinski definition) is 4. The van der Waals surface area contributed by atoms with Crippen LogP contribution < -0.4 is 4.74 Å². The van der Waals surface area contributed by atoms with Crippen LogP contribution in [0.3, 0.4) is 0 Å². The van der Waals surface area contributed by atoms with Gasteiger partial charge >= 0.3 is 12.3 Å². The molecule has 0 aliphatic heterocycles. The van der Waals surface area contributed by atoms with Gasteiger partial charge in [-0.05, 0) is 30.7 Å². The van der Waals surface area contributed by atoms with Crippen molar-refractivity contribution in [1.82, 2.24) is 4.90 Å². The quantitative estimate of drug-likeness (QED) is 0.801. The molecular formula is C17H16F3NO5. The number of nitrogens with zero attached hydrogens (tertiary/aromatic N) is 1. The topological polar surface area (TPSA) is 80.0 Å². The molecular weight excluding hydrogens is 355 g/mol. The molecule has 0 bridgehead atoms. The number of furan rings is 1. The number of carboxylic acids is 1. The van der Waals surface area contributed by atoms with Gasteiger partial charge in [0.1, 0.15) is 11.5 Å². The zero-order chi connectivity index (χ0) is 19.3. The van der Waals surface area contributed by atoms with Gasteiger partial charge in [0.2, 0.25) is 0 Å². The van der Waals surface area contributed by atoms with Gasteiger partial charge in [-0.15, -0.1) is 13.2 Å². The number of rotatable bonds is 7. The van der Waals surface area contributed by atoms with Gasteiger partial charge in [-0.1, -0.05) is 12.1 Å². The Labute approximate surface area is 146 Å². The zero-order valence-electron chi connectivity index (χ0n) is 13.7. The summed E-state index contributed by atoms with van der Waals surface area (Å²) in [4.78, 5) is 24.0. The second kappa shape index (κ2) is 7.94. The Balaban J connectivity index is 2.15. The first-order chi connectivity index (χ1) is 12.2. The number of aliphatic carboxylic acids is 1. The molecule has 1 heterocycles. The van der Waals surface area contributed by atoms with Gasteiger partial charge < -0.3 is 19.2 Å². The van der Waals surface area contributed by atoms with Crippen LogP contribution in [0.4, 0.5) is 13.2 Å². The number of amides is 1. The maximum absolute atomic E-state index is 12.5. The van der Waals surface area contributed by atoms with Crippen LogP contribution in [-0.2, 0) is 4.79 Å². The fourth-order valence-corrected chi connectivity index (χ4v) is 2.24. The van der Waals surface area contributed by atoms with Crippen molar-refractivity contribution in [3.05, 3.63) is 42.2 Å². The molecule has 0 saturated carbocycles. The zero-order valence-corrected chi connectivity index (χ0v) is 13.7. The lowest BCUT2D eigenvalue weighted by atomic mass is 10.1. The first-order valence-corrected chi connectivity index (χ1v) is 7.59. The number of benzene rings is 1. The molecule has 0 aliphatic rings. The van der Waals surface area contributed by atoms with E-state index in [0.29, 0.717) is 0 Å². The number of carboxylic acid groups (broad SMARTS) is 1. The number of alkyl halides is 3. The van der Waals surface area contributed by atoms with Gasteiger partial charge in [-0.3, -0.25) is 9.59 Å². The van der Waals surface area contributed by atoms with Crippen molar-refractivity contribution in [1.29, 1.82) is 0 Å². The minimum Gasteiger partial charge on any atom is -0.481 e. The van der Waals surface area contributed by atoms with Crippen molar-refractivity contribution in [3.8, 4) is 17.1 Å². The summed E-state index contributed by atoms with van der Waals surface area (Å²) in [6.45, 7) is 0.203. The Hall–Kier alpha value is -2.97. The molecule has 0 aliphatic carbocycles. The van der Waals surface area contributed by atoms with E-state index < -0.39 is 24.0 Å². The molecule has 0 spiro atoms. The van der Waals surface area contributed by atoms with E-state index in [4.69, 9.17) is 9.52 Å².